The highest BCUT2D eigenvalue weighted by atomic mass is 16.3. The van der Waals surface area contributed by atoms with Crippen LogP contribution in [0.4, 0.5) is 0 Å². The molecule has 1 fully saturated rings. The topological polar surface area (TPSA) is 44.3 Å². The maximum Gasteiger partial charge on any atom is 0.0549 e. The Labute approximate surface area is 87.3 Å². The molecule has 3 nitrogen and oxygen atoms in total. The molecule has 0 aromatic carbocycles. The van der Waals surface area contributed by atoms with Gasteiger partial charge < -0.3 is 15.7 Å². The molecule has 0 bridgehead atoms. The van der Waals surface area contributed by atoms with Gasteiger partial charge in [0.05, 0.1) is 6.10 Å². The number of piperidine rings is 1. The van der Waals surface area contributed by atoms with E-state index < -0.39 is 0 Å². The Balaban J connectivity index is 1.92. The van der Waals surface area contributed by atoms with Crippen molar-refractivity contribution in [1.29, 1.82) is 0 Å². The fourth-order valence-electron chi connectivity index (χ4n) is 1.88. The van der Waals surface area contributed by atoms with Crippen molar-refractivity contribution in [2.24, 2.45) is 5.92 Å². The van der Waals surface area contributed by atoms with Crippen LogP contribution in [-0.4, -0.2) is 37.4 Å². The Bertz CT molecular complexity index is 135. The summed E-state index contributed by atoms with van der Waals surface area (Å²) in [6.07, 6.45) is 4.29. The van der Waals surface area contributed by atoms with Gasteiger partial charge in [-0.05, 0) is 57.8 Å². The molecule has 0 saturated carbocycles. The molecular weight excluding hydrogens is 176 g/mol. The second-order valence-corrected chi connectivity index (χ2v) is 4.27. The van der Waals surface area contributed by atoms with Gasteiger partial charge >= 0.3 is 0 Å². The van der Waals surface area contributed by atoms with E-state index in [0.717, 1.165) is 38.4 Å². The molecule has 1 heterocycles. The minimum Gasteiger partial charge on any atom is -0.393 e. The number of rotatable bonds is 6. The molecule has 3 heteroatoms. The van der Waals surface area contributed by atoms with Crippen molar-refractivity contribution in [2.75, 3.05) is 26.2 Å². The SMILES string of the molecule is CCC(O)CCNCC1CCCNC1. The van der Waals surface area contributed by atoms with E-state index in [-0.39, 0.29) is 6.10 Å². The van der Waals surface area contributed by atoms with Crippen LogP contribution in [-0.2, 0) is 0 Å². The van der Waals surface area contributed by atoms with E-state index in [4.69, 9.17) is 0 Å². The van der Waals surface area contributed by atoms with Crippen molar-refractivity contribution in [3.8, 4) is 0 Å². The lowest BCUT2D eigenvalue weighted by molar-refractivity contribution is 0.159. The van der Waals surface area contributed by atoms with Gasteiger partial charge in [0.15, 0.2) is 0 Å². The summed E-state index contributed by atoms with van der Waals surface area (Å²) in [7, 11) is 0. The first kappa shape index (κ1) is 12.0. The number of nitrogens with one attached hydrogen (secondary N) is 2. The zero-order valence-corrected chi connectivity index (χ0v) is 9.26. The lowest BCUT2D eigenvalue weighted by atomic mass is 10.00. The van der Waals surface area contributed by atoms with Crippen LogP contribution in [0.5, 0.6) is 0 Å². The number of aliphatic hydroxyl groups is 1. The van der Waals surface area contributed by atoms with Crippen LogP contribution in [0.25, 0.3) is 0 Å². The summed E-state index contributed by atoms with van der Waals surface area (Å²) in [5.41, 5.74) is 0. The summed E-state index contributed by atoms with van der Waals surface area (Å²) in [6.45, 7) is 6.42. The van der Waals surface area contributed by atoms with Gasteiger partial charge in [0.25, 0.3) is 0 Å². The van der Waals surface area contributed by atoms with Crippen molar-refractivity contribution in [1.82, 2.24) is 10.6 Å². The minimum atomic E-state index is -0.119. The van der Waals surface area contributed by atoms with Gasteiger partial charge in [-0.1, -0.05) is 6.92 Å². The van der Waals surface area contributed by atoms with Crippen LogP contribution < -0.4 is 10.6 Å². The van der Waals surface area contributed by atoms with Crippen LogP contribution in [0.3, 0.4) is 0 Å². The van der Waals surface area contributed by atoms with Crippen LogP contribution in [0, 0.1) is 5.92 Å². The van der Waals surface area contributed by atoms with Crippen molar-refractivity contribution in [2.45, 2.75) is 38.7 Å². The second kappa shape index (κ2) is 7.21. The molecule has 0 aliphatic carbocycles. The van der Waals surface area contributed by atoms with E-state index in [1.165, 1.54) is 19.4 Å². The minimum absolute atomic E-state index is 0.119. The van der Waals surface area contributed by atoms with E-state index in [9.17, 15) is 5.11 Å². The van der Waals surface area contributed by atoms with E-state index in [2.05, 4.69) is 10.6 Å². The fourth-order valence-corrected chi connectivity index (χ4v) is 1.88. The third kappa shape index (κ3) is 4.94. The molecule has 1 aliphatic rings. The first-order chi connectivity index (χ1) is 6.83. The standard InChI is InChI=1S/C11H24N2O/c1-2-11(14)5-7-13-9-10-4-3-6-12-8-10/h10-14H,2-9H2,1H3. The highest BCUT2D eigenvalue weighted by Crippen LogP contribution is 2.08. The third-order valence-corrected chi connectivity index (χ3v) is 2.96. The number of hydrogen-bond donors (Lipinski definition) is 3. The molecule has 0 radical (unpaired) electrons. The molecule has 1 saturated heterocycles. The molecule has 0 amide bonds. The number of aliphatic hydroxyl groups excluding tert-OH is 1. The quantitative estimate of drug-likeness (QED) is 0.554. The Kier molecular flexibility index (Phi) is 6.15. The number of hydrogen-bond acceptors (Lipinski definition) is 3. The van der Waals surface area contributed by atoms with Crippen LogP contribution >= 0.6 is 0 Å². The first-order valence-corrected chi connectivity index (χ1v) is 5.92. The summed E-state index contributed by atoms with van der Waals surface area (Å²) in [5.74, 6) is 0.794. The Hall–Kier alpha value is -0.120. The predicted octanol–water partition coefficient (Wildman–Crippen LogP) is 0.737. The normalized spacial score (nSPS) is 24.9. The zero-order valence-electron chi connectivity index (χ0n) is 9.26. The fraction of sp³-hybridized carbons (Fsp3) is 1.00. The summed E-state index contributed by atoms with van der Waals surface area (Å²) < 4.78 is 0. The second-order valence-electron chi connectivity index (χ2n) is 4.27. The molecule has 2 unspecified atom stereocenters. The molecule has 1 aliphatic heterocycles. The first-order valence-electron chi connectivity index (χ1n) is 5.92. The summed E-state index contributed by atoms with van der Waals surface area (Å²) in [4.78, 5) is 0. The largest absolute Gasteiger partial charge is 0.393 e. The van der Waals surface area contributed by atoms with Crippen molar-refractivity contribution in [3.63, 3.8) is 0 Å². The highest BCUT2D eigenvalue weighted by molar-refractivity contribution is 4.71. The molecule has 2 atom stereocenters. The molecule has 0 aromatic heterocycles. The lowest BCUT2D eigenvalue weighted by Crippen LogP contribution is -2.36. The van der Waals surface area contributed by atoms with E-state index in [1.54, 1.807) is 0 Å². The average Bonchev–Trinajstić information content (AvgIpc) is 2.25. The van der Waals surface area contributed by atoms with E-state index in [0.29, 0.717) is 0 Å². The van der Waals surface area contributed by atoms with Crippen LogP contribution in [0.2, 0.25) is 0 Å². The highest BCUT2D eigenvalue weighted by Gasteiger charge is 2.11. The van der Waals surface area contributed by atoms with E-state index in [1.807, 2.05) is 6.92 Å². The van der Waals surface area contributed by atoms with Gasteiger partial charge in [0, 0.05) is 0 Å². The molecule has 1 rings (SSSR count). The van der Waals surface area contributed by atoms with Crippen molar-refractivity contribution >= 4 is 0 Å². The maximum atomic E-state index is 9.34. The van der Waals surface area contributed by atoms with Crippen LogP contribution in [0.15, 0.2) is 0 Å². The summed E-state index contributed by atoms with van der Waals surface area (Å²) in [5, 5.41) is 16.2. The molecule has 3 N–H and O–H groups in total. The average molecular weight is 200 g/mol. The van der Waals surface area contributed by atoms with Crippen molar-refractivity contribution in [3.05, 3.63) is 0 Å². The van der Waals surface area contributed by atoms with Gasteiger partial charge in [-0.15, -0.1) is 0 Å². The van der Waals surface area contributed by atoms with Gasteiger partial charge in [0.2, 0.25) is 0 Å². The zero-order chi connectivity index (χ0) is 10.2. The van der Waals surface area contributed by atoms with Gasteiger partial charge in [0.1, 0.15) is 0 Å². The lowest BCUT2D eigenvalue weighted by Gasteiger charge is -2.23. The molecule has 0 aromatic rings. The Morgan fingerprint density at radius 3 is 3.07 bits per heavy atom. The Morgan fingerprint density at radius 1 is 1.57 bits per heavy atom. The molecule has 84 valence electrons. The van der Waals surface area contributed by atoms with Crippen molar-refractivity contribution < 1.29 is 5.11 Å². The summed E-state index contributed by atoms with van der Waals surface area (Å²) in [6, 6.07) is 0. The smallest absolute Gasteiger partial charge is 0.0549 e. The van der Waals surface area contributed by atoms with Crippen LogP contribution in [0.1, 0.15) is 32.6 Å². The summed E-state index contributed by atoms with van der Waals surface area (Å²) >= 11 is 0. The molecule has 0 spiro atoms. The molecule has 14 heavy (non-hydrogen) atoms. The van der Waals surface area contributed by atoms with E-state index >= 15 is 0 Å². The predicted molar refractivity (Wildman–Crippen MR) is 59.4 cm³/mol. The monoisotopic (exact) mass is 200 g/mol. The molecular formula is C11H24N2O. The van der Waals surface area contributed by atoms with Gasteiger partial charge in [-0.25, -0.2) is 0 Å². The Morgan fingerprint density at radius 2 is 2.43 bits per heavy atom. The third-order valence-electron chi connectivity index (χ3n) is 2.96. The maximum absolute atomic E-state index is 9.34. The van der Waals surface area contributed by atoms with Gasteiger partial charge in [-0.3, -0.25) is 0 Å². The van der Waals surface area contributed by atoms with Gasteiger partial charge in [-0.2, -0.15) is 0 Å².